The van der Waals surface area contributed by atoms with Crippen molar-refractivity contribution in [3.05, 3.63) is 12.7 Å². The van der Waals surface area contributed by atoms with Crippen molar-refractivity contribution in [1.29, 1.82) is 0 Å². The van der Waals surface area contributed by atoms with Gasteiger partial charge in [0.05, 0.1) is 7.11 Å². The van der Waals surface area contributed by atoms with Crippen LogP contribution in [0.2, 0.25) is 0 Å². The number of amides is 1. The molecule has 7 heteroatoms. The molecule has 0 unspecified atom stereocenters. The van der Waals surface area contributed by atoms with Gasteiger partial charge in [-0.2, -0.15) is 0 Å². The molecular formula is C14H23NO6. The van der Waals surface area contributed by atoms with Crippen LogP contribution in [0, 0.1) is 5.92 Å². The molecule has 1 amide bonds. The highest BCUT2D eigenvalue weighted by molar-refractivity contribution is 5.78. The zero-order chi connectivity index (χ0) is 16.4. The van der Waals surface area contributed by atoms with Crippen molar-refractivity contribution < 1.29 is 29.0 Å². The van der Waals surface area contributed by atoms with Crippen LogP contribution in [0.4, 0.5) is 4.79 Å². The van der Waals surface area contributed by atoms with Crippen molar-refractivity contribution in [3.63, 3.8) is 0 Å². The number of carbonyl (C=O) groups is 3. The van der Waals surface area contributed by atoms with Crippen LogP contribution in [-0.4, -0.2) is 54.3 Å². The van der Waals surface area contributed by atoms with E-state index < -0.39 is 24.1 Å². The first-order chi connectivity index (χ1) is 9.83. The molecule has 21 heavy (non-hydrogen) atoms. The predicted octanol–water partition coefficient (Wildman–Crippen LogP) is 1.67. The van der Waals surface area contributed by atoms with E-state index in [4.69, 9.17) is 9.84 Å². The van der Waals surface area contributed by atoms with Crippen molar-refractivity contribution in [1.82, 2.24) is 4.90 Å². The Hall–Kier alpha value is -2.05. The molecule has 0 aliphatic rings. The Kier molecular flexibility index (Phi) is 8.84. The molecule has 0 aromatic carbocycles. The Balaban J connectivity index is 5.07. The van der Waals surface area contributed by atoms with Crippen molar-refractivity contribution in [2.75, 3.05) is 20.3 Å². The van der Waals surface area contributed by atoms with Gasteiger partial charge < -0.3 is 14.6 Å². The number of aliphatic carboxylic acids is 1. The van der Waals surface area contributed by atoms with Crippen molar-refractivity contribution in [3.8, 4) is 0 Å². The molecule has 7 nitrogen and oxygen atoms in total. The Bertz CT molecular complexity index is 380. The second-order valence-corrected chi connectivity index (χ2v) is 4.81. The van der Waals surface area contributed by atoms with Gasteiger partial charge in [-0.05, 0) is 12.3 Å². The fourth-order valence-electron chi connectivity index (χ4n) is 1.85. The van der Waals surface area contributed by atoms with E-state index in [2.05, 4.69) is 11.3 Å². The lowest BCUT2D eigenvalue weighted by Crippen LogP contribution is -2.46. The van der Waals surface area contributed by atoms with E-state index in [0.29, 0.717) is 0 Å². The SMILES string of the molecule is C=CCOC(=O)N(CC(=O)OC)[C@@H](CCC(=O)O)C(C)C. The van der Waals surface area contributed by atoms with Gasteiger partial charge in [0.25, 0.3) is 0 Å². The first-order valence-corrected chi connectivity index (χ1v) is 6.66. The molecule has 1 N–H and O–H groups in total. The number of carboxylic acid groups (broad SMARTS) is 1. The summed E-state index contributed by atoms with van der Waals surface area (Å²) < 4.78 is 9.52. The largest absolute Gasteiger partial charge is 0.481 e. The summed E-state index contributed by atoms with van der Waals surface area (Å²) in [6.45, 7) is 6.86. The minimum Gasteiger partial charge on any atom is -0.481 e. The standard InChI is InChI=1S/C14H23NO6/c1-5-8-21-14(19)15(9-13(18)20-4)11(10(2)3)6-7-12(16)17/h5,10-11H,1,6-9H2,2-4H3,(H,16,17)/t11-/m0/s1. The van der Waals surface area contributed by atoms with Crippen LogP contribution < -0.4 is 0 Å². The van der Waals surface area contributed by atoms with E-state index in [1.807, 2.05) is 13.8 Å². The van der Waals surface area contributed by atoms with Gasteiger partial charge in [0.1, 0.15) is 13.2 Å². The molecule has 0 aliphatic heterocycles. The number of carbonyl (C=O) groups excluding carboxylic acids is 2. The summed E-state index contributed by atoms with van der Waals surface area (Å²) in [5.74, 6) is -1.59. The van der Waals surface area contributed by atoms with Gasteiger partial charge in [-0.3, -0.25) is 14.5 Å². The van der Waals surface area contributed by atoms with Gasteiger partial charge in [-0.15, -0.1) is 0 Å². The summed E-state index contributed by atoms with van der Waals surface area (Å²) in [5.41, 5.74) is 0. The zero-order valence-corrected chi connectivity index (χ0v) is 12.7. The first kappa shape index (κ1) is 18.9. The fraction of sp³-hybridized carbons (Fsp3) is 0.643. The summed E-state index contributed by atoms with van der Waals surface area (Å²) in [5, 5.41) is 8.79. The predicted molar refractivity (Wildman–Crippen MR) is 75.8 cm³/mol. The number of esters is 1. The zero-order valence-electron chi connectivity index (χ0n) is 12.7. The van der Waals surface area contributed by atoms with Crippen LogP contribution >= 0.6 is 0 Å². The maximum atomic E-state index is 12.0. The molecule has 0 aromatic rings. The third kappa shape index (κ3) is 7.34. The lowest BCUT2D eigenvalue weighted by molar-refractivity contribution is -0.142. The molecule has 0 heterocycles. The normalized spacial score (nSPS) is 11.6. The Labute approximate surface area is 124 Å². The highest BCUT2D eigenvalue weighted by Gasteiger charge is 2.30. The molecular weight excluding hydrogens is 278 g/mol. The second kappa shape index (κ2) is 9.79. The maximum absolute atomic E-state index is 12.0. The lowest BCUT2D eigenvalue weighted by atomic mass is 9.97. The topological polar surface area (TPSA) is 93.1 Å². The van der Waals surface area contributed by atoms with Crippen molar-refractivity contribution in [2.45, 2.75) is 32.7 Å². The minimum atomic E-state index is -0.960. The highest BCUT2D eigenvalue weighted by atomic mass is 16.6. The summed E-state index contributed by atoms with van der Waals surface area (Å²) in [6, 6.07) is -0.433. The molecule has 1 atom stereocenters. The molecule has 0 bridgehead atoms. The molecule has 0 fully saturated rings. The van der Waals surface area contributed by atoms with E-state index in [1.54, 1.807) is 0 Å². The second-order valence-electron chi connectivity index (χ2n) is 4.81. The van der Waals surface area contributed by atoms with Gasteiger partial charge in [-0.1, -0.05) is 26.5 Å². The minimum absolute atomic E-state index is 0.0141. The molecule has 0 radical (unpaired) electrons. The van der Waals surface area contributed by atoms with Crippen LogP contribution in [0.15, 0.2) is 12.7 Å². The van der Waals surface area contributed by atoms with E-state index in [0.717, 1.165) is 0 Å². The van der Waals surface area contributed by atoms with Gasteiger partial charge >= 0.3 is 18.0 Å². The molecule has 0 aliphatic carbocycles. The van der Waals surface area contributed by atoms with Crippen LogP contribution in [0.3, 0.4) is 0 Å². The first-order valence-electron chi connectivity index (χ1n) is 6.66. The number of methoxy groups -OCH3 is 1. The average Bonchev–Trinajstić information content (AvgIpc) is 2.42. The number of rotatable bonds is 9. The molecule has 120 valence electrons. The van der Waals surface area contributed by atoms with Crippen LogP contribution in [-0.2, 0) is 19.1 Å². The fourth-order valence-corrected chi connectivity index (χ4v) is 1.85. The summed E-state index contributed by atoms with van der Waals surface area (Å²) in [4.78, 5) is 35.4. The monoisotopic (exact) mass is 301 g/mol. The molecule has 0 spiro atoms. The van der Waals surface area contributed by atoms with Gasteiger partial charge in [-0.25, -0.2) is 4.79 Å². The third-order valence-corrected chi connectivity index (χ3v) is 2.91. The average molecular weight is 301 g/mol. The van der Waals surface area contributed by atoms with Crippen LogP contribution in [0.5, 0.6) is 0 Å². The summed E-state index contributed by atoms with van der Waals surface area (Å²) in [6.07, 6.45) is 0.850. The molecule has 0 rings (SSSR count). The number of carboxylic acids is 1. The van der Waals surface area contributed by atoms with Gasteiger partial charge in [0, 0.05) is 12.5 Å². The molecule has 0 aromatic heterocycles. The maximum Gasteiger partial charge on any atom is 0.410 e. The highest BCUT2D eigenvalue weighted by Crippen LogP contribution is 2.18. The number of nitrogens with zero attached hydrogens (tertiary/aromatic N) is 1. The van der Waals surface area contributed by atoms with E-state index >= 15 is 0 Å². The number of hydrogen-bond acceptors (Lipinski definition) is 5. The van der Waals surface area contributed by atoms with Crippen LogP contribution in [0.25, 0.3) is 0 Å². The lowest BCUT2D eigenvalue weighted by Gasteiger charge is -2.32. The van der Waals surface area contributed by atoms with E-state index in [1.165, 1.54) is 18.1 Å². The van der Waals surface area contributed by atoms with E-state index in [9.17, 15) is 14.4 Å². The number of hydrogen-bond donors (Lipinski definition) is 1. The summed E-state index contributed by atoms with van der Waals surface area (Å²) >= 11 is 0. The van der Waals surface area contributed by atoms with Gasteiger partial charge in [0.15, 0.2) is 0 Å². The Morgan fingerprint density at radius 1 is 1.33 bits per heavy atom. The molecule has 0 saturated carbocycles. The number of ether oxygens (including phenoxy) is 2. The Morgan fingerprint density at radius 3 is 2.38 bits per heavy atom. The van der Waals surface area contributed by atoms with Gasteiger partial charge in [0.2, 0.25) is 0 Å². The van der Waals surface area contributed by atoms with Crippen molar-refractivity contribution in [2.24, 2.45) is 5.92 Å². The smallest absolute Gasteiger partial charge is 0.410 e. The quantitative estimate of drug-likeness (QED) is 0.514. The molecule has 0 saturated heterocycles. The van der Waals surface area contributed by atoms with Crippen LogP contribution in [0.1, 0.15) is 26.7 Å². The summed E-state index contributed by atoms with van der Waals surface area (Å²) in [7, 11) is 1.22. The Morgan fingerprint density at radius 2 is 1.95 bits per heavy atom. The van der Waals surface area contributed by atoms with E-state index in [-0.39, 0.29) is 31.9 Å². The third-order valence-electron chi connectivity index (χ3n) is 2.91. The van der Waals surface area contributed by atoms with Crippen molar-refractivity contribution >= 4 is 18.0 Å².